The average molecular weight is 241 g/mol. The van der Waals surface area contributed by atoms with Crippen LogP contribution in [-0.2, 0) is 11.3 Å². The van der Waals surface area contributed by atoms with Crippen LogP contribution in [0.3, 0.4) is 0 Å². The molecule has 0 amide bonds. The lowest BCUT2D eigenvalue weighted by Gasteiger charge is -2.13. The van der Waals surface area contributed by atoms with E-state index in [2.05, 4.69) is 5.32 Å². The molecule has 1 fully saturated rings. The van der Waals surface area contributed by atoms with Gasteiger partial charge in [0.05, 0.1) is 6.10 Å². The summed E-state index contributed by atoms with van der Waals surface area (Å²) >= 11 is 0. The molecule has 1 aliphatic carbocycles. The fourth-order valence-corrected chi connectivity index (χ4v) is 2.27. The van der Waals surface area contributed by atoms with E-state index in [1.807, 2.05) is 0 Å². The highest BCUT2D eigenvalue weighted by atomic mass is 19.1. The van der Waals surface area contributed by atoms with E-state index in [1.54, 1.807) is 7.11 Å². The highest BCUT2D eigenvalue weighted by Gasteiger charge is 2.23. The second-order valence-corrected chi connectivity index (χ2v) is 4.48. The highest BCUT2D eigenvalue weighted by molar-refractivity contribution is 5.18. The van der Waals surface area contributed by atoms with Gasteiger partial charge in [0.15, 0.2) is 0 Å². The first-order valence-corrected chi connectivity index (χ1v) is 5.89. The van der Waals surface area contributed by atoms with E-state index in [-0.39, 0.29) is 5.82 Å². The molecule has 1 aromatic carbocycles. The summed E-state index contributed by atoms with van der Waals surface area (Å²) < 4.78 is 31.6. The lowest BCUT2D eigenvalue weighted by molar-refractivity contribution is 0.107. The first-order valence-electron chi connectivity index (χ1n) is 5.89. The second kappa shape index (κ2) is 5.56. The summed E-state index contributed by atoms with van der Waals surface area (Å²) in [4.78, 5) is 0. The van der Waals surface area contributed by atoms with Crippen molar-refractivity contribution in [2.24, 2.45) is 0 Å². The summed E-state index contributed by atoms with van der Waals surface area (Å²) in [6.45, 7) is 0.366. The van der Waals surface area contributed by atoms with Crippen LogP contribution in [0.15, 0.2) is 18.2 Å². The van der Waals surface area contributed by atoms with Crippen LogP contribution in [-0.4, -0.2) is 19.3 Å². The van der Waals surface area contributed by atoms with Crippen molar-refractivity contribution in [1.29, 1.82) is 0 Å². The predicted molar refractivity (Wildman–Crippen MR) is 61.6 cm³/mol. The largest absolute Gasteiger partial charge is 0.381 e. The monoisotopic (exact) mass is 241 g/mol. The molecule has 1 aliphatic rings. The van der Waals surface area contributed by atoms with Gasteiger partial charge in [0.2, 0.25) is 0 Å². The van der Waals surface area contributed by atoms with Gasteiger partial charge in [-0.2, -0.15) is 0 Å². The molecular weight excluding hydrogens is 224 g/mol. The van der Waals surface area contributed by atoms with Gasteiger partial charge in [-0.05, 0) is 37.5 Å². The molecule has 0 aliphatic heterocycles. The van der Waals surface area contributed by atoms with Crippen molar-refractivity contribution in [3.8, 4) is 0 Å². The average Bonchev–Trinajstić information content (AvgIpc) is 2.78. The minimum Gasteiger partial charge on any atom is -0.381 e. The maximum absolute atomic E-state index is 13.4. The molecule has 1 aromatic rings. The molecule has 1 N–H and O–H groups in total. The first kappa shape index (κ1) is 12.5. The standard InChI is InChI=1S/C13H17F2NO/c1-17-12-4-3-11(7-12)16-8-9-6-10(14)2-5-13(9)15/h2,5-6,11-12,16H,3-4,7-8H2,1H3. The second-order valence-electron chi connectivity index (χ2n) is 4.48. The summed E-state index contributed by atoms with van der Waals surface area (Å²) in [7, 11) is 1.71. The van der Waals surface area contributed by atoms with Crippen molar-refractivity contribution < 1.29 is 13.5 Å². The fraction of sp³-hybridized carbons (Fsp3) is 0.538. The minimum absolute atomic E-state index is 0.296. The lowest BCUT2D eigenvalue weighted by atomic mass is 10.2. The highest BCUT2D eigenvalue weighted by Crippen LogP contribution is 2.22. The topological polar surface area (TPSA) is 21.3 Å². The van der Waals surface area contributed by atoms with Gasteiger partial charge in [-0.1, -0.05) is 0 Å². The molecule has 2 rings (SSSR count). The Morgan fingerprint density at radius 3 is 2.88 bits per heavy atom. The summed E-state index contributed by atoms with van der Waals surface area (Å²) in [5.74, 6) is -0.760. The Bertz CT molecular complexity index is 384. The van der Waals surface area contributed by atoms with E-state index < -0.39 is 5.82 Å². The van der Waals surface area contributed by atoms with E-state index in [0.29, 0.717) is 24.3 Å². The number of methoxy groups -OCH3 is 1. The Balaban J connectivity index is 1.88. The van der Waals surface area contributed by atoms with Gasteiger partial charge in [-0.25, -0.2) is 8.78 Å². The van der Waals surface area contributed by atoms with Gasteiger partial charge in [0, 0.05) is 25.3 Å². The molecule has 4 heteroatoms. The first-order chi connectivity index (χ1) is 8.19. The summed E-state index contributed by atoms with van der Waals surface area (Å²) in [6, 6.07) is 3.88. The summed E-state index contributed by atoms with van der Waals surface area (Å²) in [6.07, 6.45) is 3.28. The molecule has 17 heavy (non-hydrogen) atoms. The molecule has 0 saturated heterocycles. The number of rotatable bonds is 4. The molecule has 1 saturated carbocycles. The fourth-order valence-electron chi connectivity index (χ4n) is 2.27. The van der Waals surface area contributed by atoms with Crippen LogP contribution in [0, 0.1) is 11.6 Å². The van der Waals surface area contributed by atoms with E-state index in [0.717, 1.165) is 25.3 Å². The zero-order valence-corrected chi connectivity index (χ0v) is 9.88. The van der Waals surface area contributed by atoms with Gasteiger partial charge in [0.25, 0.3) is 0 Å². The van der Waals surface area contributed by atoms with Crippen molar-refractivity contribution in [2.45, 2.75) is 38.0 Å². The van der Waals surface area contributed by atoms with Gasteiger partial charge < -0.3 is 10.1 Å². The number of ether oxygens (including phenoxy) is 1. The Morgan fingerprint density at radius 1 is 1.35 bits per heavy atom. The van der Waals surface area contributed by atoms with Crippen molar-refractivity contribution in [3.63, 3.8) is 0 Å². The molecule has 0 heterocycles. The van der Waals surface area contributed by atoms with Crippen molar-refractivity contribution in [2.75, 3.05) is 7.11 Å². The Hall–Kier alpha value is -1.00. The van der Waals surface area contributed by atoms with E-state index in [4.69, 9.17) is 4.74 Å². The number of benzene rings is 1. The SMILES string of the molecule is COC1CCC(NCc2cc(F)ccc2F)C1. The summed E-state index contributed by atoms with van der Waals surface area (Å²) in [5, 5.41) is 3.24. The van der Waals surface area contributed by atoms with Gasteiger partial charge in [-0.3, -0.25) is 0 Å². The molecule has 0 aromatic heterocycles. The Kier molecular flexibility index (Phi) is 4.07. The van der Waals surface area contributed by atoms with Crippen LogP contribution in [0.2, 0.25) is 0 Å². The van der Waals surface area contributed by atoms with Crippen LogP contribution in [0.5, 0.6) is 0 Å². The maximum atomic E-state index is 13.4. The summed E-state index contributed by atoms with van der Waals surface area (Å²) in [5.41, 5.74) is 0.380. The lowest BCUT2D eigenvalue weighted by Crippen LogP contribution is -2.27. The zero-order valence-electron chi connectivity index (χ0n) is 9.88. The van der Waals surface area contributed by atoms with E-state index in [1.165, 1.54) is 12.1 Å². The third-order valence-electron chi connectivity index (χ3n) is 3.31. The van der Waals surface area contributed by atoms with Crippen molar-refractivity contribution in [1.82, 2.24) is 5.32 Å². The van der Waals surface area contributed by atoms with Gasteiger partial charge in [0.1, 0.15) is 11.6 Å². The van der Waals surface area contributed by atoms with Crippen LogP contribution in [0.4, 0.5) is 8.78 Å². The number of hydrogen-bond acceptors (Lipinski definition) is 2. The van der Waals surface area contributed by atoms with Gasteiger partial charge in [-0.15, -0.1) is 0 Å². The Labute approximate surface area is 100.0 Å². The number of hydrogen-bond donors (Lipinski definition) is 1. The van der Waals surface area contributed by atoms with Crippen molar-refractivity contribution in [3.05, 3.63) is 35.4 Å². The molecule has 0 spiro atoms. The predicted octanol–water partition coefficient (Wildman–Crippen LogP) is 2.62. The molecule has 2 nitrogen and oxygen atoms in total. The smallest absolute Gasteiger partial charge is 0.127 e. The van der Waals surface area contributed by atoms with Gasteiger partial charge >= 0.3 is 0 Å². The van der Waals surface area contributed by atoms with Crippen LogP contribution >= 0.6 is 0 Å². The maximum Gasteiger partial charge on any atom is 0.127 e. The molecule has 2 unspecified atom stereocenters. The third kappa shape index (κ3) is 3.23. The number of halogens is 2. The Morgan fingerprint density at radius 2 is 2.18 bits per heavy atom. The molecule has 2 atom stereocenters. The normalized spacial score (nSPS) is 24.2. The third-order valence-corrected chi connectivity index (χ3v) is 3.31. The van der Waals surface area contributed by atoms with Crippen LogP contribution < -0.4 is 5.32 Å². The van der Waals surface area contributed by atoms with E-state index >= 15 is 0 Å². The molecule has 94 valence electrons. The van der Waals surface area contributed by atoms with Crippen LogP contribution in [0.1, 0.15) is 24.8 Å². The molecular formula is C13H17F2NO. The minimum atomic E-state index is -0.399. The quantitative estimate of drug-likeness (QED) is 0.875. The zero-order chi connectivity index (χ0) is 12.3. The molecule has 0 bridgehead atoms. The number of nitrogens with one attached hydrogen (secondary N) is 1. The molecule has 0 radical (unpaired) electrons. The van der Waals surface area contributed by atoms with Crippen LogP contribution in [0.25, 0.3) is 0 Å². The van der Waals surface area contributed by atoms with E-state index in [9.17, 15) is 8.78 Å². The van der Waals surface area contributed by atoms with Crippen molar-refractivity contribution >= 4 is 0 Å².